The van der Waals surface area contributed by atoms with Gasteiger partial charge in [0.05, 0.1) is 11.6 Å². The van der Waals surface area contributed by atoms with E-state index in [1.54, 1.807) is 17.0 Å². The van der Waals surface area contributed by atoms with Gasteiger partial charge in [-0.1, -0.05) is 38.1 Å². The van der Waals surface area contributed by atoms with Crippen LogP contribution >= 0.6 is 0 Å². The Morgan fingerprint density at radius 2 is 1.67 bits per heavy atom. The van der Waals surface area contributed by atoms with Gasteiger partial charge in [0.15, 0.2) is 0 Å². The summed E-state index contributed by atoms with van der Waals surface area (Å²) >= 11 is 0. The first kappa shape index (κ1) is 20.4. The normalized spacial score (nSPS) is 19.7. The van der Waals surface area contributed by atoms with Crippen molar-refractivity contribution >= 4 is 23.2 Å². The molecule has 2 heterocycles. The van der Waals surface area contributed by atoms with Crippen LogP contribution in [0.2, 0.25) is 0 Å². The molecule has 0 N–H and O–H groups in total. The summed E-state index contributed by atoms with van der Waals surface area (Å²) in [5.74, 6) is -0.0979. The van der Waals surface area contributed by atoms with Crippen LogP contribution in [0.4, 0.5) is 15.8 Å². The van der Waals surface area contributed by atoms with Crippen LogP contribution < -0.4 is 9.80 Å². The van der Waals surface area contributed by atoms with E-state index in [2.05, 4.69) is 13.8 Å². The molecule has 0 saturated carbocycles. The number of piperazine rings is 1. The summed E-state index contributed by atoms with van der Waals surface area (Å²) in [5.41, 5.74) is 2.66. The molecule has 2 fully saturated rings. The molecule has 2 saturated heterocycles. The van der Waals surface area contributed by atoms with Crippen molar-refractivity contribution in [3.8, 4) is 0 Å². The van der Waals surface area contributed by atoms with E-state index in [9.17, 15) is 14.0 Å². The first-order valence-corrected chi connectivity index (χ1v) is 10.6. The lowest BCUT2D eigenvalue weighted by atomic mass is 10.0. The minimum absolute atomic E-state index is 0.00404. The zero-order valence-electron chi connectivity index (χ0n) is 17.6. The Bertz CT molecular complexity index is 920. The molecule has 0 aliphatic carbocycles. The zero-order chi connectivity index (χ0) is 21.3. The Hall–Kier alpha value is -2.89. The molecule has 6 heteroatoms. The standard InChI is InChI=1S/C24H28FN3O2/c1-17(2)18-7-9-20(10-8-18)28-16-19(15-23(28)29)24(30)27-13-11-26(12-14-27)22-6-4-3-5-21(22)25/h3-10,17,19H,11-16H2,1-2H3/t19-/m0/s1. The number of halogens is 1. The highest BCUT2D eigenvalue weighted by atomic mass is 19.1. The fourth-order valence-corrected chi connectivity index (χ4v) is 4.30. The summed E-state index contributed by atoms with van der Waals surface area (Å²) < 4.78 is 14.0. The third kappa shape index (κ3) is 4.04. The Morgan fingerprint density at radius 3 is 2.30 bits per heavy atom. The SMILES string of the molecule is CC(C)c1ccc(N2C[C@@H](C(=O)N3CCN(c4ccccc4F)CC3)CC2=O)cc1. The van der Waals surface area contributed by atoms with Gasteiger partial charge in [0, 0.05) is 44.8 Å². The fraction of sp³-hybridized carbons (Fsp3) is 0.417. The van der Waals surface area contributed by atoms with Gasteiger partial charge in [-0.2, -0.15) is 0 Å². The lowest BCUT2D eigenvalue weighted by Gasteiger charge is -2.37. The highest BCUT2D eigenvalue weighted by molar-refractivity contribution is 6.00. The number of para-hydroxylation sites is 1. The predicted octanol–water partition coefficient (Wildman–Crippen LogP) is 3.65. The molecular formula is C24H28FN3O2. The Labute approximate surface area is 177 Å². The molecule has 2 aromatic rings. The van der Waals surface area contributed by atoms with Gasteiger partial charge in [-0.25, -0.2) is 4.39 Å². The van der Waals surface area contributed by atoms with Crippen LogP contribution in [-0.2, 0) is 9.59 Å². The van der Waals surface area contributed by atoms with E-state index < -0.39 is 0 Å². The maximum absolute atomic E-state index is 14.0. The summed E-state index contributed by atoms with van der Waals surface area (Å²) in [6, 6.07) is 14.7. The number of amides is 2. The third-order valence-electron chi connectivity index (χ3n) is 6.13. The van der Waals surface area contributed by atoms with E-state index in [1.807, 2.05) is 40.1 Å². The van der Waals surface area contributed by atoms with E-state index in [0.29, 0.717) is 44.3 Å². The maximum atomic E-state index is 14.0. The van der Waals surface area contributed by atoms with Crippen LogP contribution in [-0.4, -0.2) is 49.4 Å². The number of rotatable bonds is 4. The molecule has 0 radical (unpaired) electrons. The molecule has 2 amide bonds. The number of nitrogens with zero attached hydrogens (tertiary/aromatic N) is 3. The van der Waals surface area contributed by atoms with Crippen molar-refractivity contribution in [2.45, 2.75) is 26.2 Å². The van der Waals surface area contributed by atoms with Crippen molar-refractivity contribution in [2.75, 3.05) is 42.5 Å². The zero-order valence-corrected chi connectivity index (χ0v) is 17.6. The summed E-state index contributed by atoms with van der Waals surface area (Å²) in [6.45, 7) is 6.96. The van der Waals surface area contributed by atoms with E-state index >= 15 is 0 Å². The van der Waals surface area contributed by atoms with Crippen LogP contribution in [0.15, 0.2) is 48.5 Å². The van der Waals surface area contributed by atoms with Crippen molar-refractivity contribution in [1.29, 1.82) is 0 Å². The second-order valence-corrected chi connectivity index (χ2v) is 8.42. The van der Waals surface area contributed by atoms with Gasteiger partial charge >= 0.3 is 0 Å². The number of carbonyl (C=O) groups excluding carboxylic acids is 2. The molecule has 0 bridgehead atoms. The first-order valence-electron chi connectivity index (χ1n) is 10.6. The molecular weight excluding hydrogens is 381 g/mol. The molecule has 158 valence electrons. The number of carbonyl (C=O) groups is 2. The second kappa shape index (κ2) is 8.46. The van der Waals surface area contributed by atoms with Crippen LogP contribution in [0.1, 0.15) is 31.7 Å². The number of anilines is 2. The van der Waals surface area contributed by atoms with E-state index in [4.69, 9.17) is 0 Å². The summed E-state index contributed by atoms with van der Waals surface area (Å²) in [6.07, 6.45) is 0.248. The van der Waals surface area contributed by atoms with Crippen LogP contribution in [0, 0.1) is 11.7 Å². The molecule has 0 spiro atoms. The topological polar surface area (TPSA) is 43.9 Å². The van der Waals surface area contributed by atoms with Gasteiger partial charge in [-0.05, 0) is 35.7 Å². The minimum atomic E-state index is -0.317. The van der Waals surface area contributed by atoms with Gasteiger partial charge < -0.3 is 14.7 Å². The minimum Gasteiger partial charge on any atom is -0.366 e. The molecule has 2 aromatic carbocycles. The Kier molecular flexibility index (Phi) is 5.75. The highest BCUT2D eigenvalue weighted by Crippen LogP contribution is 2.28. The molecule has 0 aromatic heterocycles. The Balaban J connectivity index is 1.37. The van der Waals surface area contributed by atoms with Crippen LogP contribution in [0.3, 0.4) is 0 Å². The molecule has 4 rings (SSSR count). The van der Waals surface area contributed by atoms with Gasteiger partial charge in [0.2, 0.25) is 11.8 Å². The lowest BCUT2D eigenvalue weighted by Crippen LogP contribution is -2.51. The van der Waals surface area contributed by atoms with E-state index in [0.717, 1.165) is 5.69 Å². The molecule has 0 unspecified atom stereocenters. The number of hydrogen-bond acceptors (Lipinski definition) is 3. The average Bonchev–Trinajstić information content (AvgIpc) is 3.15. The van der Waals surface area contributed by atoms with Gasteiger partial charge in [0.25, 0.3) is 0 Å². The van der Waals surface area contributed by atoms with Crippen molar-refractivity contribution in [2.24, 2.45) is 5.92 Å². The van der Waals surface area contributed by atoms with Crippen molar-refractivity contribution < 1.29 is 14.0 Å². The number of hydrogen-bond donors (Lipinski definition) is 0. The van der Waals surface area contributed by atoms with Gasteiger partial charge in [-0.3, -0.25) is 9.59 Å². The summed E-state index contributed by atoms with van der Waals surface area (Å²) in [7, 11) is 0. The van der Waals surface area contributed by atoms with Crippen LogP contribution in [0.25, 0.3) is 0 Å². The summed E-state index contributed by atoms with van der Waals surface area (Å²) in [5, 5.41) is 0. The van der Waals surface area contributed by atoms with E-state index in [1.165, 1.54) is 11.6 Å². The van der Waals surface area contributed by atoms with Crippen LogP contribution in [0.5, 0.6) is 0 Å². The fourth-order valence-electron chi connectivity index (χ4n) is 4.30. The van der Waals surface area contributed by atoms with Crippen molar-refractivity contribution in [1.82, 2.24) is 4.90 Å². The quantitative estimate of drug-likeness (QED) is 0.774. The molecule has 1 atom stereocenters. The van der Waals surface area contributed by atoms with Gasteiger partial charge in [-0.15, -0.1) is 0 Å². The largest absolute Gasteiger partial charge is 0.366 e. The molecule has 30 heavy (non-hydrogen) atoms. The first-order chi connectivity index (χ1) is 14.4. The lowest BCUT2D eigenvalue weighted by molar-refractivity contribution is -0.136. The summed E-state index contributed by atoms with van der Waals surface area (Å²) in [4.78, 5) is 31.1. The maximum Gasteiger partial charge on any atom is 0.228 e. The van der Waals surface area contributed by atoms with Gasteiger partial charge in [0.1, 0.15) is 5.82 Å². The highest BCUT2D eigenvalue weighted by Gasteiger charge is 2.38. The third-order valence-corrected chi connectivity index (χ3v) is 6.13. The smallest absolute Gasteiger partial charge is 0.228 e. The monoisotopic (exact) mass is 409 g/mol. The molecule has 2 aliphatic heterocycles. The van der Waals surface area contributed by atoms with E-state index in [-0.39, 0.29) is 30.0 Å². The van der Waals surface area contributed by atoms with Crippen molar-refractivity contribution in [3.05, 3.63) is 59.9 Å². The average molecular weight is 410 g/mol. The Morgan fingerprint density at radius 1 is 1.00 bits per heavy atom. The molecule has 5 nitrogen and oxygen atoms in total. The van der Waals surface area contributed by atoms with Crippen molar-refractivity contribution in [3.63, 3.8) is 0 Å². The second-order valence-electron chi connectivity index (χ2n) is 8.42. The molecule has 2 aliphatic rings. The predicted molar refractivity (Wildman–Crippen MR) is 116 cm³/mol. The number of benzene rings is 2.